The van der Waals surface area contributed by atoms with Gasteiger partial charge in [-0.1, -0.05) is 48.0 Å². The second-order valence-corrected chi connectivity index (χ2v) is 11.9. The first-order chi connectivity index (χ1) is 13.4. The summed E-state index contributed by atoms with van der Waals surface area (Å²) >= 11 is 0. The van der Waals surface area contributed by atoms with Crippen molar-refractivity contribution in [1.29, 1.82) is 0 Å². The van der Waals surface area contributed by atoms with E-state index in [1.54, 1.807) is 19.3 Å². The summed E-state index contributed by atoms with van der Waals surface area (Å²) in [7, 11) is 0. The van der Waals surface area contributed by atoms with Gasteiger partial charge in [0.2, 0.25) is 0 Å². The predicted molar refractivity (Wildman–Crippen MR) is 125 cm³/mol. The van der Waals surface area contributed by atoms with Crippen LogP contribution in [0.3, 0.4) is 0 Å². The monoisotopic (exact) mass is 405 g/mol. The molecule has 10 unspecified atom stereocenters. The molecule has 0 aliphatic heterocycles. The molecule has 0 amide bonds. The highest BCUT2D eigenvalue weighted by molar-refractivity contribution is 5.11. The number of rotatable bonds is 0. The number of hydrogen-bond acceptors (Lipinski definition) is 2. The Bertz CT molecular complexity index is 549. The van der Waals surface area contributed by atoms with Gasteiger partial charge in [0.15, 0.2) is 0 Å². The van der Waals surface area contributed by atoms with Crippen LogP contribution in [-0.4, -0.2) is 17.8 Å². The molecular formula is C27H51NO. The standard InChI is InChI=1S/C24H40O.C2H7N.CH4/c1-15-19-11-13-24(3)20-9-7-16-5-4-6-17(16)18(20)8-10-22(24)23(19,2)14-12-21(15)25;1-2-3;/h15-22,25H,4-14H2,1-3H3;2-3H2,1H3;1H4. The predicted octanol–water partition coefficient (Wildman–Crippen LogP) is 6.65. The first-order valence-corrected chi connectivity index (χ1v) is 12.7. The maximum absolute atomic E-state index is 10.5. The fourth-order valence-electron chi connectivity index (χ4n) is 9.79. The lowest BCUT2D eigenvalue weighted by Gasteiger charge is -2.67. The van der Waals surface area contributed by atoms with Crippen molar-refractivity contribution in [2.75, 3.05) is 6.54 Å². The Balaban J connectivity index is 0.000000568. The van der Waals surface area contributed by atoms with E-state index < -0.39 is 0 Å². The molecular weight excluding hydrogens is 354 g/mol. The second-order valence-electron chi connectivity index (χ2n) is 11.9. The molecule has 2 heteroatoms. The lowest BCUT2D eigenvalue weighted by Crippen LogP contribution is -2.60. The van der Waals surface area contributed by atoms with Crippen LogP contribution in [0.25, 0.3) is 0 Å². The molecule has 170 valence electrons. The van der Waals surface area contributed by atoms with Gasteiger partial charge in [-0.25, -0.2) is 0 Å². The van der Waals surface area contributed by atoms with E-state index in [1.165, 1.54) is 44.9 Å². The number of nitrogens with two attached hydrogens (primary N) is 1. The van der Waals surface area contributed by atoms with E-state index in [2.05, 4.69) is 20.8 Å². The van der Waals surface area contributed by atoms with Crippen molar-refractivity contribution in [2.45, 2.75) is 112 Å². The van der Waals surface area contributed by atoms with Crippen LogP contribution in [0, 0.1) is 52.3 Å². The van der Waals surface area contributed by atoms with Gasteiger partial charge in [-0.15, -0.1) is 0 Å². The zero-order chi connectivity index (χ0) is 20.1. The van der Waals surface area contributed by atoms with Crippen LogP contribution in [0.4, 0.5) is 0 Å². The lowest BCUT2D eigenvalue weighted by atomic mass is 9.38. The fraction of sp³-hybridized carbons (Fsp3) is 1.00. The lowest BCUT2D eigenvalue weighted by molar-refractivity contribution is -0.188. The van der Waals surface area contributed by atoms with Crippen LogP contribution >= 0.6 is 0 Å². The van der Waals surface area contributed by atoms with E-state index in [0.29, 0.717) is 16.7 Å². The Labute approximate surface area is 181 Å². The molecule has 5 fully saturated rings. The third kappa shape index (κ3) is 3.63. The summed E-state index contributed by atoms with van der Waals surface area (Å²) in [5, 5.41) is 10.5. The first kappa shape index (κ1) is 23.6. The molecule has 0 saturated heterocycles. The van der Waals surface area contributed by atoms with Gasteiger partial charge in [-0.3, -0.25) is 0 Å². The number of aliphatic hydroxyl groups is 1. The fourth-order valence-corrected chi connectivity index (χ4v) is 9.79. The zero-order valence-corrected chi connectivity index (χ0v) is 19.1. The number of fused-ring (bicyclic) bond motifs is 7. The number of aliphatic hydroxyl groups excluding tert-OH is 1. The molecule has 0 aromatic rings. The summed E-state index contributed by atoms with van der Waals surface area (Å²) in [6.07, 6.45) is 15.9. The molecule has 0 spiro atoms. The van der Waals surface area contributed by atoms with Crippen molar-refractivity contribution in [3.8, 4) is 0 Å². The largest absolute Gasteiger partial charge is 0.393 e. The van der Waals surface area contributed by atoms with Crippen LogP contribution in [-0.2, 0) is 0 Å². The van der Waals surface area contributed by atoms with Crippen molar-refractivity contribution < 1.29 is 5.11 Å². The molecule has 5 saturated carbocycles. The minimum Gasteiger partial charge on any atom is -0.393 e. The molecule has 0 bridgehead atoms. The van der Waals surface area contributed by atoms with E-state index in [4.69, 9.17) is 5.73 Å². The van der Waals surface area contributed by atoms with E-state index in [0.717, 1.165) is 48.5 Å². The van der Waals surface area contributed by atoms with Crippen LogP contribution in [0.15, 0.2) is 0 Å². The van der Waals surface area contributed by atoms with Crippen LogP contribution in [0.2, 0.25) is 0 Å². The van der Waals surface area contributed by atoms with Gasteiger partial charge in [-0.05, 0) is 117 Å². The van der Waals surface area contributed by atoms with E-state index >= 15 is 0 Å². The van der Waals surface area contributed by atoms with Crippen LogP contribution < -0.4 is 5.73 Å². The van der Waals surface area contributed by atoms with E-state index in [-0.39, 0.29) is 13.5 Å². The third-order valence-corrected chi connectivity index (χ3v) is 10.9. The summed E-state index contributed by atoms with van der Waals surface area (Å²) in [6, 6.07) is 0. The molecule has 0 aromatic carbocycles. The Morgan fingerprint density at radius 2 is 1.48 bits per heavy atom. The molecule has 0 heterocycles. The highest BCUT2D eigenvalue weighted by Gasteiger charge is 2.62. The van der Waals surface area contributed by atoms with Gasteiger partial charge in [-0.2, -0.15) is 0 Å². The Kier molecular flexibility index (Phi) is 7.16. The molecule has 0 radical (unpaired) electrons. The van der Waals surface area contributed by atoms with Crippen LogP contribution in [0.1, 0.15) is 106 Å². The topological polar surface area (TPSA) is 46.2 Å². The smallest absolute Gasteiger partial charge is 0.0568 e. The van der Waals surface area contributed by atoms with Gasteiger partial charge in [0.25, 0.3) is 0 Å². The van der Waals surface area contributed by atoms with Gasteiger partial charge in [0.05, 0.1) is 6.10 Å². The summed E-state index contributed by atoms with van der Waals surface area (Å²) in [5.74, 6) is 6.49. The molecule has 3 N–H and O–H groups in total. The van der Waals surface area contributed by atoms with Gasteiger partial charge in [0, 0.05) is 0 Å². The number of hydrogen-bond donors (Lipinski definition) is 2. The quantitative estimate of drug-likeness (QED) is 0.473. The van der Waals surface area contributed by atoms with Crippen LogP contribution in [0.5, 0.6) is 0 Å². The molecule has 2 nitrogen and oxygen atoms in total. The van der Waals surface area contributed by atoms with Crippen molar-refractivity contribution in [3.63, 3.8) is 0 Å². The second kappa shape index (κ2) is 8.81. The molecule has 5 aliphatic carbocycles. The van der Waals surface area contributed by atoms with Crippen molar-refractivity contribution in [1.82, 2.24) is 0 Å². The normalized spacial score (nSPS) is 53.2. The minimum absolute atomic E-state index is 0. The summed E-state index contributed by atoms with van der Waals surface area (Å²) in [6.45, 7) is 10.4. The highest BCUT2D eigenvalue weighted by atomic mass is 16.3. The minimum atomic E-state index is -0.0345. The SMILES string of the molecule is C.CC1C(O)CCC2(C)C1CCC1(C)C3CCC4CCCC4C3CCC21.CCN. The van der Waals surface area contributed by atoms with E-state index in [1.807, 2.05) is 6.92 Å². The van der Waals surface area contributed by atoms with Gasteiger partial charge in [0.1, 0.15) is 0 Å². The van der Waals surface area contributed by atoms with E-state index in [9.17, 15) is 5.11 Å². The Morgan fingerprint density at radius 1 is 0.828 bits per heavy atom. The van der Waals surface area contributed by atoms with Crippen molar-refractivity contribution >= 4 is 0 Å². The maximum atomic E-state index is 10.5. The highest BCUT2D eigenvalue weighted by Crippen LogP contribution is 2.70. The molecule has 5 aliphatic rings. The molecule has 5 rings (SSSR count). The Hall–Kier alpha value is -0.0800. The molecule has 29 heavy (non-hydrogen) atoms. The van der Waals surface area contributed by atoms with Gasteiger partial charge < -0.3 is 10.8 Å². The molecule has 10 atom stereocenters. The zero-order valence-electron chi connectivity index (χ0n) is 19.1. The Morgan fingerprint density at radius 3 is 2.21 bits per heavy atom. The average molecular weight is 406 g/mol. The summed E-state index contributed by atoms with van der Waals surface area (Å²) in [4.78, 5) is 0. The third-order valence-electron chi connectivity index (χ3n) is 10.9. The maximum Gasteiger partial charge on any atom is 0.0568 e. The summed E-state index contributed by atoms with van der Waals surface area (Å²) in [5.41, 5.74) is 5.95. The van der Waals surface area contributed by atoms with Gasteiger partial charge >= 0.3 is 0 Å². The summed E-state index contributed by atoms with van der Waals surface area (Å²) < 4.78 is 0. The van der Waals surface area contributed by atoms with Crippen molar-refractivity contribution in [3.05, 3.63) is 0 Å². The molecule has 0 aromatic heterocycles. The first-order valence-electron chi connectivity index (χ1n) is 12.7. The average Bonchev–Trinajstić information content (AvgIpc) is 3.15. The van der Waals surface area contributed by atoms with Crippen molar-refractivity contribution in [2.24, 2.45) is 58.0 Å².